The molecule has 1 aromatic carbocycles. The number of nitrogen functional groups attached to an aromatic ring is 1. The van der Waals surface area contributed by atoms with Crippen molar-refractivity contribution < 1.29 is 27.5 Å². The minimum Gasteiger partial charge on any atom is -0.496 e. The SMILES string of the molecule is CCS(=O)(=O)c1cc(C(=O)OC(=O)C(C)(C)C)c(OC)cc1N. The number of ether oxygens (including phenoxy) is 2. The summed E-state index contributed by atoms with van der Waals surface area (Å²) >= 11 is 0. The third-order valence-corrected chi connectivity index (χ3v) is 4.85. The lowest BCUT2D eigenvalue weighted by atomic mass is 9.97. The fourth-order valence-corrected chi connectivity index (χ4v) is 2.65. The molecule has 7 nitrogen and oxygen atoms in total. The van der Waals surface area contributed by atoms with Crippen LogP contribution in [-0.4, -0.2) is 33.2 Å². The van der Waals surface area contributed by atoms with E-state index in [1.165, 1.54) is 20.1 Å². The zero-order valence-corrected chi connectivity index (χ0v) is 14.6. The normalized spacial score (nSPS) is 11.9. The molecule has 1 aromatic rings. The molecule has 23 heavy (non-hydrogen) atoms. The second kappa shape index (κ2) is 6.57. The molecule has 0 bridgehead atoms. The van der Waals surface area contributed by atoms with Crippen molar-refractivity contribution in [3.8, 4) is 5.75 Å². The van der Waals surface area contributed by atoms with E-state index in [-0.39, 0.29) is 27.6 Å². The van der Waals surface area contributed by atoms with Crippen LogP contribution in [0.5, 0.6) is 5.75 Å². The predicted molar refractivity (Wildman–Crippen MR) is 85.0 cm³/mol. The lowest BCUT2D eigenvalue weighted by Gasteiger charge is -2.17. The molecular weight excluding hydrogens is 322 g/mol. The van der Waals surface area contributed by atoms with Gasteiger partial charge < -0.3 is 15.2 Å². The molecule has 0 aromatic heterocycles. The summed E-state index contributed by atoms with van der Waals surface area (Å²) < 4.78 is 33.9. The smallest absolute Gasteiger partial charge is 0.349 e. The van der Waals surface area contributed by atoms with Crippen LogP contribution in [0.1, 0.15) is 38.1 Å². The third kappa shape index (κ3) is 4.22. The Morgan fingerprint density at radius 3 is 2.22 bits per heavy atom. The van der Waals surface area contributed by atoms with Crippen molar-refractivity contribution >= 4 is 27.5 Å². The monoisotopic (exact) mass is 343 g/mol. The van der Waals surface area contributed by atoms with Gasteiger partial charge in [-0.3, -0.25) is 4.79 Å². The van der Waals surface area contributed by atoms with E-state index >= 15 is 0 Å². The summed E-state index contributed by atoms with van der Waals surface area (Å²) in [6, 6.07) is 2.30. The van der Waals surface area contributed by atoms with Gasteiger partial charge in [-0.15, -0.1) is 0 Å². The van der Waals surface area contributed by atoms with Gasteiger partial charge in [0.25, 0.3) is 0 Å². The van der Waals surface area contributed by atoms with Crippen LogP contribution in [0.4, 0.5) is 5.69 Å². The van der Waals surface area contributed by atoms with Gasteiger partial charge in [-0.1, -0.05) is 6.92 Å². The molecule has 128 valence electrons. The Kier molecular flexibility index (Phi) is 5.42. The third-order valence-electron chi connectivity index (χ3n) is 3.06. The van der Waals surface area contributed by atoms with Crippen LogP contribution in [0.25, 0.3) is 0 Å². The molecule has 0 saturated heterocycles. The molecule has 0 amide bonds. The lowest BCUT2D eigenvalue weighted by molar-refractivity contribution is -0.146. The molecule has 2 N–H and O–H groups in total. The Bertz CT molecular complexity index is 731. The zero-order valence-electron chi connectivity index (χ0n) is 13.8. The molecule has 0 aliphatic rings. The minimum absolute atomic E-state index is 0.0317. The van der Waals surface area contributed by atoms with Gasteiger partial charge in [-0.2, -0.15) is 0 Å². The van der Waals surface area contributed by atoms with Gasteiger partial charge in [0.2, 0.25) is 0 Å². The van der Waals surface area contributed by atoms with Crippen LogP contribution in [0.15, 0.2) is 17.0 Å². The van der Waals surface area contributed by atoms with E-state index in [1.54, 1.807) is 20.8 Å². The lowest BCUT2D eigenvalue weighted by Crippen LogP contribution is -2.26. The topological polar surface area (TPSA) is 113 Å². The van der Waals surface area contributed by atoms with Crippen LogP contribution in [-0.2, 0) is 19.4 Å². The summed E-state index contributed by atoms with van der Waals surface area (Å²) in [6.45, 7) is 6.24. The molecule has 0 aliphatic carbocycles. The highest BCUT2D eigenvalue weighted by Crippen LogP contribution is 2.30. The maximum absolute atomic E-state index is 12.2. The van der Waals surface area contributed by atoms with E-state index in [2.05, 4.69) is 0 Å². The van der Waals surface area contributed by atoms with Crippen molar-refractivity contribution in [1.29, 1.82) is 0 Å². The summed E-state index contributed by atoms with van der Waals surface area (Å²) in [5, 5.41) is 0. The fourth-order valence-electron chi connectivity index (χ4n) is 1.62. The minimum atomic E-state index is -3.64. The number of rotatable bonds is 4. The molecule has 0 atom stereocenters. The molecule has 0 unspecified atom stereocenters. The van der Waals surface area contributed by atoms with Crippen LogP contribution in [0, 0.1) is 5.41 Å². The Labute approximate surface area is 135 Å². The molecule has 1 rings (SSSR count). The number of carbonyl (C=O) groups excluding carboxylic acids is 2. The maximum atomic E-state index is 12.2. The summed E-state index contributed by atoms with van der Waals surface area (Å²) in [6.07, 6.45) is 0. The average molecular weight is 343 g/mol. The Morgan fingerprint density at radius 2 is 1.78 bits per heavy atom. The number of hydrogen-bond donors (Lipinski definition) is 1. The Hall–Kier alpha value is -2.09. The highest BCUT2D eigenvalue weighted by Gasteiger charge is 2.29. The van der Waals surface area contributed by atoms with Crippen molar-refractivity contribution in [2.45, 2.75) is 32.6 Å². The van der Waals surface area contributed by atoms with Crippen LogP contribution >= 0.6 is 0 Å². The Morgan fingerprint density at radius 1 is 1.22 bits per heavy atom. The van der Waals surface area contributed by atoms with Crippen molar-refractivity contribution in [2.75, 3.05) is 18.6 Å². The second-order valence-corrected chi connectivity index (χ2v) is 8.17. The first-order chi connectivity index (χ1) is 10.4. The van der Waals surface area contributed by atoms with Crippen molar-refractivity contribution in [3.63, 3.8) is 0 Å². The van der Waals surface area contributed by atoms with Crippen LogP contribution in [0.2, 0.25) is 0 Å². The van der Waals surface area contributed by atoms with Gasteiger partial charge >= 0.3 is 11.9 Å². The molecule has 8 heteroatoms. The zero-order chi connectivity index (χ0) is 18.0. The van der Waals surface area contributed by atoms with Crippen molar-refractivity contribution in [2.24, 2.45) is 5.41 Å². The van der Waals surface area contributed by atoms with E-state index in [9.17, 15) is 18.0 Å². The van der Waals surface area contributed by atoms with E-state index in [0.717, 1.165) is 6.07 Å². The van der Waals surface area contributed by atoms with Crippen LogP contribution in [0.3, 0.4) is 0 Å². The van der Waals surface area contributed by atoms with Gasteiger partial charge in [0.15, 0.2) is 9.84 Å². The van der Waals surface area contributed by atoms with Gasteiger partial charge in [0.05, 0.1) is 28.9 Å². The molecule has 0 heterocycles. The molecular formula is C15H21NO6S. The summed E-state index contributed by atoms with van der Waals surface area (Å²) in [5.74, 6) is -1.88. The number of carbonyl (C=O) groups is 2. The van der Waals surface area contributed by atoms with Crippen molar-refractivity contribution in [3.05, 3.63) is 17.7 Å². The number of nitrogens with two attached hydrogens (primary N) is 1. The number of benzene rings is 1. The number of methoxy groups -OCH3 is 1. The van der Waals surface area contributed by atoms with E-state index in [1.807, 2.05) is 0 Å². The number of anilines is 1. The Balaban J connectivity index is 3.38. The highest BCUT2D eigenvalue weighted by atomic mass is 32.2. The quantitative estimate of drug-likeness (QED) is 0.504. The summed E-state index contributed by atoms with van der Waals surface area (Å²) in [7, 11) is -2.34. The molecule has 0 aliphatic heterocycles. The first kappa shape index (κ1) is 19.0. The van der Waals surface area contributed by atoms with E-state index < -0.39 is 27.2 Å². The number of hydrogen-bond acceptors (Lipinski definition) is 7. The van der Waals surface area contributed by atoms with Gasteiger partial charge in [0, 0.05) is 6.07 Å². The maximum Gasteiger partial charge on any atom is 0.349 e. The molecule has 0 fully saturated rings. The largest absolute Gasteiger partial charge is 0.496 e. The molecule has 0 radical (unpaired) electrons. The number of sulfone groups is 1. The summed E-state index contributed by atoms with van der Waals surface area (Å²) in [4.78, 5) is 23.8. The standard InChI is InChI=1S/C15H21NO6S/c1-6-23(19,20)12-7-9(11(21-5)8-10(12)16)13(17)22-14(18)15(2,3)4/h7-8H,6,16H2,1-5H3. The first-order valence-electron chi connectivity index (χ1n) is 6.91. The average Bonchev–Trinajstić information content (AvgIpc) is 2.45. The van der Waals surface area contributed by atoms with Crippen LogP contribution < -0.4 is 10.5 Å². The van der Waals surface area contributed by atoms with Crippen molar-refractivity contribution in [1.82, 2.24) is 0 Å². The summed E-state index contributed by atoms with van der Waals surface area (Å²) in [5.41, 5.74) is 4.63. The second-order valence-electron chi connectivity index (χ2n) is 5.92. The fraction of sp³-hybridized carbons (Fsp3) is 0.467. The van der Waals surface area contributed by atoms with Gasteiger partial charge in [-0.05, 0) is 26.8 Å². The van der Waals surface area contributed by atoms with E-state index in [0.29, 0.717) is 0 Å². The van der Waals surface area contributed by atoms with E-state index in [4.69, 9.17) is 15.2 Å². The molecule has 0 saturated carbocycles. The highest BCUT2D eigenvalue weighted by molar-refractivity contribution is 7.91. The van der Waals surface area contributed by atoms with Gasteiger partial charge in [-0.25, -0.2) is 13.2 Å². The number of esters is 2. The van der Waals surface area contributed by atoms with Gasteiger partial charge in [0.1, 0.15) is 11.3 Å². The predicted octanol–water partition coefficient (Wildman–Crippen LogP) is 1.80. The first-order valence-corrected chi connectivity index (χ1v) is 8.56. The molecule has 0 spiro atoms.